The van der Waals surface area contributed by atoms with Gasteiger partial charge in [-0.25, -0.2) is 28.5 Å². The van der Waals surface area contributed by atoms with Gasteiger partial charge in [0.2, 0.25) is 0 Å². The predicted molar refractivity (Wildman–Crippen MR) is 286 cm³/mol. The Morgan fingerprint density at radius 1 is 0.526 bits per heavy atom. The highest BCUT2D eigenvalue weighted by atomic mass is 79.9. The van der Waals surface area contributed by atoms with Crippen molar-refractivity contribution in [2.75, 3.05) is 39.6 Å². The van der Waals surface area contributed by atoms with E-state index in [0.717, 1.165) is 20.1 Å². The Bertz CT molecular complexity index is 3100. The minimum Gasteiger partial charge on any atom is -0.463 e. The summed E-state index contributed by atoms with van der Waals surface area (Å²) in [5, 5.41) is 31.7. The normalized spacial score (nSPS) is 15.6. The molecule has 6 heterocycles. The smallest absolute Gasteiger partial charge is 0.337 e. The highest BCUT2D eigenvalue weighted by molar-refractivity contribution is 9.10. The number of rotatable bonds is 23. The van der Waals surface area contributed by atoms with Crippen LogP contribution >= 0.6 is 31.9 Å². The summed E-state index contributed by atoms with van der Waals surface area (Å²) in [5.41, 5.74) is 7.21. The van der Waals surface area contributed by atoms with Gasteiger partial charge in [-0.15, -0.1) is 10.2 Å². The summed E-state index contributed by atoms with van der Waals surface area (Å²) in [4.78, 5) is 55.3. The number of aromatic nitrogens is 8. The number of dihydropyridines is 2. The van der Waals surface area contributed by atoms with Crippen molar-refractivity contribution in [1.82, 2.24) is 50.9 Å². The van der Waals surface area contributed by atoms with E-state index < -0.39 is 35.7 Å². The molecule has 2 N–H and O–H groups in total. The maximum absolute atomic E-state index is 14.1. The second-order valence-electron chi connectivity index (χ2n) is 18.1. The van der Waals surface area contributed by atoms with Crippen molar-refractivity contribution in [3.8, 4) is 22.5 Å². The van der Waals surface area contributed by atoms with E-state index in [1.54, 1.807) is 77.1 Å². The van der Waals surface area contributed by atoms with Crippen LogP contribution in [0.1, 0.15) is 87.4 Å². The Hall–Kier alpha value is -7.54. The van der Waals surface area contributed by atoms with Crippen molar-refractivity contribution in [1.29, 1.82) is 0 Å². The van der Waals surface area contributed by atoms with E-state index in [0.29, 0.717) is 108 Å². The number of carbonyl (C=O) groups is 4. The summed E-state index contributed by atoms with van der Waals surface area (Å²) < 4.78 is 50.5. The summed E-state index contributed by atoms with van der Waals surface area (Å²) in [5.74, 6) is -3.51. The van der Waals surface area contributed by atoms with Crippen molar-refractivity contribution in [3.63, 3.8) is 0 Å². The van der Waals surface area contributed by atoms with Crippen LogP contribution in [0.25, 0.3) is 22.5 Å². The van der Waals surface area contributed by atoms with E-state index in [4.69, 9.17) is 37.5 Å². The number of carbonyl (C=O) groups excluding carboxylic acids is 4. The lowest BCUT2D eigenvalue weighted by atomic mass is 9.78. The van der Waals surface area contributed by atoms with Crippen molar-refractivity contribution < 1.29 is 56.6 Å². The molecule has 0 bridgehead atoms. The molecule has 24 heteroatoms. The molecule has 2 aliphatic heterocycles. The summed E-state index contributed by atoms with van der Waals surface area (Å²) in [6.07, 6.45) is 3.32. The van der Waals surface area contributed by atoms with Crippen LogP contribution in [0.15, 0.2) is 124 Å². The van der Waals surface area contributed by atoms with Gasteiger partial charge in [0, 0.05) is 54.0 Å². The summed E-state index contributed by atoms with van der Waals surface area (Å²) in [6.45, 7) is 15.7. The van der Waals surface area contributed by atoms with Gasteiger partial charge in [0.05, 0.1) is 99.3 Å². The molecule has 410 valence electrons. The molecule has 2 aliphatic rings. The molecule has 2 aromatic carbocycles. The maximum Gasteiger partial charge on any atom is 0.337 e. The average molecular weight is 1200 g/mol. The van der Waals surface area contributed by atoms with Gasteiger partial charge in [0.15, 0.2) is 0 Å². The Morgan fingerprint density at radius 2 is 0.872 bits per heavy atom. The van der Waals surface area contributed by atoms with E-state index >= 15 is 0 Å². The van der Waals surface area contributed by atoms with Crippen molar-refractivity contribution in [3.05, 3.63) is 149 Å². The Balaban J connectivity index is 0.797. The van der Waals surface area contributed by atoms with Gasteiger partial charge in [-0.05, 0) is 79.7 Å². The number of halogens is 2. The van der Waals surface area contributed by atoms with Crippen LogP contribution in [-0.4, -0.2) is 104 Å². The molecule has 0 radical (unpaired) electrons. The van der Waals surface area contributed by atoms with Crippen LogP contribution in [0.2, 0.25) is 0 Å². The number of benzene rings is 2. The van der Waals surface area contributed by atoms with Crippen LogP contribution in [-0.2, 0) is 73.9 Å². The molecule has 2 unspecified atom stereocenters. The lowest BCUT2D eigenvalue weighted by molar-refractivity contribution is -0.142. The number of nitrogens with zero attached hydrogens (tertiary/aromatic N) is 8. The zero-order chi connectivity index (χ0) is 55.6. The van der Waals surface area contributed by atoms with Crippen LogP contribution < -0.4 is 10.6 Å². The first-order valence-electron chi connectivity index (χ1n) is 25.0. The van der Waals surface area contributed by atoms with E-state index in [1.807, 2.05) is 48.5 Å². The Morgan fingerprint density at radius 3 is 1.22 bits per heavy atom. The minimum absolute atomic E-state index is 0.129. The minimum atomic E-state index is -0.920. The second kappa shape index (κ2) is 25.7. The molecule has 0 fully saturated rings. The van der Waals surface area contributed by atoms with Gasteiger partial charge < -0.3 is 48.1 Å². The van der Waals surface area contributed by atoms with Crippen molar-refractivity contribution >= 4 is 55.7 Å². The number of aryl methyl sites for hydroxylation is 2. The van der Waals surface area contributed by atoms with Gasteiger partial charge >= 0.3 is 23.9 Å². The van der Waals surface area contributed by atoms with E-state index in [2.05, 4.69) is 73.4 Å². The number of hydrogen-bond acceptors (Lipinski definition) is 20. The number of allylic oxidation sites excluding steroid dienone is 4. The number of nitrogens with one attached hydrogen (secondary N) is 2. The van der Waals surface area contributed by atoms with E-state index in [1.165, 1.54) is 0 Å². The first kappa shape index (κ1) is 56.7. The van der Waals surface area contributed by atoms with Crippen LogP contribution in [0, 0.1) is 13.8 Å². The lowest BCUT2D eigenvalue weighted by Crippen LogP contribution is -2.33. The summed E-state index contributed by atoms with van der Waals surface area (Å²) >= 11 is 6.95. The fourth-order valence-corrected chi connectivity index (χ4v) is 9.76. The largest absolute Gasteiger partial charge is 0.463 e. The van der Waals surface area contributed by atoms with Gasteiger partial charge in [-0.1, -0.05) is 76.9 Å². The predicted octanol–water partition coefficient (Wildman–Crippen LogP) is 8.14. The fraction of sp³-hybridized carbons (Fsp3) is 0.370. The van der Waals surface area contributed by atoms with Crippen molar-refractivity contribution in [2.24, 2.45) is 0 Å². The molecule has 0 aliphatic carbocycles. The van der Waals surface area contributed by atoms with E-state index in [-0.39, 0.29) is 48.7 Å². The lowest BCUT2D eigenvalue weighted by Gasteiger charge is -2.30. The third-order valence-corrected chi connectivity index (χ3v) is 13.8. The molecule has 22 nitrogen and oxygen atoms in total. The van der Waals surface area contributed by atoms with Crippen LogP contribution in [0.3, 0.4) is 0 Å². The van der Waals surface area contributed by atoms with Gasteiger partial charge in [-0.3, -0.25) is 0 Å². The highest BCUT2D eigenvalue weighted by Crippen LogP contribution is 2.46. The Kier molecular flexibility index (Phi) is 18.7. The molecule has 4 aromatic heterocycles. The molecule has 6 aromatic rings. The molecule has 78 heavy (non-hydrogen) atoms. The monoisotopic (exact) mass is 1200 g/mol. The molecule has 0 spiro atoms. The SMILES string of the molecule is CCOC(=O)C1=C(C)NC(C)=C(C(=O)OCc2cn(CCOCCOCCn3cc(COC(=O)C4=C(C)NC(C)=C(C(=O)OCC)C4c4c(-c5ccc(Br)cc5)noc4C)nn3)nn2)C1c1c(-c2ccc(Br)cc2)noc1C. The summed E-state index contributed by atoms with van der Waals surface area (Å²) in [7, 11) is 0. The zero-order valence-electron chi connectivity index (χ0n) is 44.2. The quantitative estimate of drug-likeness (QED) is 0.0348. The first-order chi connectivity index (χ1) is 37.6. The summed E-state index contributed by atoms with van der Waals surface area (Å²) in [6, 6.07) is 15.0. The van der Waals surface area contributed by atoms with Crippen LogP contribution in [0.5, 0.6) is 0 Å². The topological polar surface area (TPSA) is 261 Å². The molecular weight excluding hydrogens is 1140 g/mol. The fourth-order valence-electron chi connectivity index (χ4n) is 9.24. The number of ether oxygens (including phenoxy) is 6. The molecule has 0 saturated heterocycles. The molecule has 0 amide bonds. The van der Waals surface area contributed by atoms with Gasteiger partial charge in [0.1, 0.15) is 47.5 Å². The third-order valence-electron chi connectivity index (χ3n) is 12.8. The molecular formula is C54H58Br2N10O12. The van der Waals surface area contributed by atoms with E-state index in [9.17, 15) is 19.2 Å². The highest BCUT2D eigenvalue weighted by Gasteiger charge is 2.43. The second-order valence-corrected chi connectivity index (χ2v) is 19.9. The number of esters is 4. The van der Waals surface area contributed by atoms with Gasteiger partial charge in [-0.2, -0.15) is 0 Å². The average Bonchev–Trinajstić information content (AvgIpc) is 4.33. The first-order valence-corrected chi connectivity index (χ1v) is 26.6. The Labute approximate surface area is 465 Å². The molecule has 0 saturated carbocycles. The third kappa shape index (κ3) is 12.9. The zero-order valence-corrected chi connectivity index (χ0v) is 47.4. The number of hydrogen-bond donors (Lipinski definition) is 2. The molecule has 8 rings (SSSR count). The van der Waals surface area contributed by atoms with Gasteiger partial charge in [0.25, 0.3) is 0 Å². The maximum atomic E-state index is 14.1. The standard InChI is InChI=1S/C54H58Br2N10O12/c1-9-73-51(67)41-29(3)57-31(5)43(47(41)45-33(7)77-61-49(45)35-11-15-37(55)16-12-35)53(69)75-27-39-25-65(63-59-39)19-21-71-23-24-72-22-20-66-26-40(60-64-66)28-76-54(70)44-32(6)58-30(4)42(52(68)74-10-2)48(44)46-34(8)78-62-50(46)36-13-17-38(56)18-14-36/h11-18,25-26,47-48,57-58H,9-10,19-24,27-28H2,1-8H3. The molecule has 2 atom stereocenters. The van der Waals surface area contributed by atoms with Crippen molar-refractivity contribution in [2.45, 2.75) is 93.5 Å². The van der Waals surface area contributed by atoms with Crippen LogP contribution in [0.4, 0.5) is 0 Å².